The van der Waals surface area contributed by atoms with E-state index in [1.54, 1.807) is 0 Å². The van der Waals surface area contributed by atoms with Crippen LogP contribution in [0.25, 0.3) is 89.7 Å². The standard InChI is InChI=1S/C41H25N5O/c1-3-11-27(12-4-1)38-44-39(28-13-5-2-6-14-28)46-40(45-38)31-16-9-15-29(24-31)30-19-23-37-33(25-30)32-20-22-36(43-41(32)47-37)35-21-18-26-10-7-8-17-34(26)42-35/h1-25H. The van der Waals surface area contributed by atoms with Crippen molar-refractivity contribution in [2.45, 2.75) is 0 Å². The Morgan fingerprint density at radius 3 is 1.72 bits per heavy atom. The second-order valence-electron chi connectivity index (χ2n) is 11.4. The highest BCUT2D eigenvalue weighted by atomic mass is 16.3. The van der Waals surface area contributed by atoms with Gasteiger partial charge in [-0.05, 0) is 53.6 Å². The third-order valence-corrected chi connectivity index (χ3v) is 8.35. The van der Waals surface area contributed by atoms with Crippen LogP contribution in [0.3, 0.4) is 0 Å². The van der Waals surface area contributed by atoms with Crippen LogP contribution in [0, 0.1) is 0 Å². The van der Waals surface area contributed by atoms with E-state index < -0.39 is 0 Å². The van der Waals surface area contributed by atoms with E-state index >= 15 is 0 Å². The van der Waals surface area contributed by atoms with Gasteiger partial charge in [-0.2, -0.15) is 0 Å². The number of para-hydroxylation sites is 1. The van der Waals surface area contributed by atoms with Gasteiger partial charge in [0, 0.05) is 32.8 Å². The van der Waals surface area contributed by atoms with Crippen LogP contribution in [0.2, 0.25) is 0 Å². The Balaban J connectivity index is 1.11. The fourth-order valence-corrected chi connectivity index (χ4v) is 5.96. The molecule has 0 fully saturated rings. The molecule has 9 rings (SSSR count). The maximum absolute atomic E-state index is 6.23. The number of fused-ring (bicyclic) bond motifs is 4. The summed E-state index contributed by atoms with van der Waals surface area (Å²) in [6.45, 7) is 0. The summed E-state index contributed by atoms with van der Waals surface area (Å²) in [6.07, 6.45) is 0. The van der Waals surface area contributed by atoms with Crippen LogP contribution < -0.4 is 0 Å². The van der Waals surface area contributed by atoms with Gasteiger partial charge >= 0.3 is 0 Å². The van der Waals surface area contributed by atoms with Crippen LogP contribution in [0.5, 0.6) is 0 Å². The summed E-state index contributed by atoms with van der Waals surface area (Å²) in [5.74, 6) is 1.89. The highest BCUT2D eigenvalue weighted by Crippen LogP contribution is 2.34. The second kappa shape index (κ2) is 11.1. The molecule has 220 valence electrons. The Morgan fingerprint density at radius 2 is 0.957 bits per heavy atom. The van der Waals surface area contributed by atoms with Crippen LogP contribution in [0.1, 0.15) is 0 Å². The SMILES string of the molecule is c1ccc(-c2nc(-c3ccccc3)nc(-c3cccc(-c4ccc5oc6nc(-c7ccc8ccccc8n7)ccc6c5c4)c3)n2)cc1. The van der Waals surface area contributed by atoms with E-state index in [9.17, 15) is 0 Å². The predicted octanol–water partition coefficient (Wildman–Crippen LogP) is 10.0. The molecule has 4 aromatic heterocycles. The molecular formula is C41H25N5O. The normalized spacial score (nSPS) is 11.4. The van der Waals surface area contributed by atoms with Crippen molar-refractivity contribution < 1.29 is 4.42 Å². The van der Waals surface area contributed by atoms with E-state index in [1.807, 2.05) is 109 Å². The van der Waals surface area contributed by atoms with Crippen LogP contribution >= 0.6 is 0 Å². The van der Waals surface area contributed by atoms with E-state index in [2.05, 4.69) is 42.5 Å². The molecule has 5 aromatic carbocycles. The minimum atomic E-state index is 0.588. The summed E-state index contributed by atoms with van der Waals surface area (Å²) in [4.78, 5) is 24.3. The highest BCUT2D eigenvalue weighted by molar-refractivity contribution is 6.05. The predicted molar refractivity (Wildman–Crippen MR) is 187 cm³/mol. The molecule has 0 spiro atoms. The molecule has 47 heavy (non-hydrogen) atoms. The lowest BCUT2D eigenvalue weighted by Gasteiger charge is -2.09. The molecule has 0 atom stereocenters. The Kier molecular flexibility index (Phi) is 6.35. The lowest BCUT2D eigenvalue weighted by atomic mass is 10.0. The number of hydrogen-bond acceptors (Lipinski definition) is 6. The molecule has 0 unspecified atom stereocenters. The van der Waals surface area contributed by atoms with Crippen molar-refractivity contribution in [1.29, 1.82) is 0 Å². The van der Waals surface area contributed by atoms with Crippen molar-refractivity contribution in [3.05, 3.63) is 152 Å². The fraction of sp³-hybridized carbons (Fsp3) is 0. The van der Waals surface area contributed by atoms with Crippen molar-refractivity contribution in [2.24, 2.45) is 0 Å². The molecule has 6 nitrogen and oxygen atoms in total. The van der Waals surface area contributed by atoms with E-state index in [0.717, 1.165) is 66.5 Å². The zero-order valence-electron chi connectivity index (χ0n) is 25.1. The topological polar surface area (TPSA) is 77.6 Å². The second-order valence-corrected chi connectivity index (χ2v) is 11.4. The molecule has 0 saturated carbocycles. The number of pyridine rings is 2. The molecule has 0 bridgehead atoms. The maximum Gasteiger partial charge on any atom is 0.227 e. The van der Waals surface area contributed by atoms with Crippen molar-refractivity contribution in [2.75, 3.05) is 0 Å². The van der Waals surface area contributed by atoms with E-state index in [4.69, 9.17) is 29.3 Å². The van der Waals surface area contributed by atoms with Gasteiger partial charge in [-0.3, -0.25) is 0 Å². The van der Waals surface area contributed by atoms with Gasteiger partial charge in [-0.15, -0.1) is 0 Å². The van der Waals surface area contributed by atoms with Crippen molar-refractivity contribution in [3.8, 4) is 56.7 Å². The summed E-state index contributed by atoms with van der Waals surface area (Å²) < 4.78 is 6.23. The number of nitrogens with zero attached hydrogens (tertiary/aromatic N) is 5. The maximum atomic E-state index is 6.23. The first kappa shape index (κ1) is 26.8. The smallest absolute Gasteiger partial charge is 0.227 e. The van der Waals surface area contributed by atoms with Gasteiger partial charge in [0.15, 0.2) is 17.5 Å². The Labute approximate surface area is 270 Å². The van der Waals surface area contributed by atoms with Crippen LogP contribution in [0.15, 0.2) is 156 Å². The minimum absolute atomic E-state index is 0.588. The van der Waals surface area contributed by atoms with E-state index in [-0.39, 0.29) is 0 Å². The first-order chi connectivity index (χ1) is 23.2. The number of benzene rings is 5. The monoisotopic (exact) mass is 603 g/mol. The largest absolute Gasteiger partial charge is 0.438 e. The molecule has 0 amide bonds. The van der Waals surface area contributed by atoms with Crippen LogP contribution in [-0.2, 0) is 0 Å². The third kappa shape index (κ3) is 4.98. The number of hydrogen-bond donors (Lipinski definition) is 0. The van der Waals surface area contributed by atoms with Crippen LogP contribution in [0.4, 0.5) is 0 Å². The van der Waals surface area contributed by atoms with Gasteiger partial charge in [0.05, 0.1) is 16.9 Å². The Hall–Kier alpha value is -6.53. The molecule has 0 aliphatic rings. The molecule has 0 aliphatic carbocycles. The Bertz CT molecular complexity index is 2520. The molecule has 0 radical (unpaired) electrons. The average Bonchev–Trinajstić information content (AvgIpc) is 3.52. The first-order valence-electron chi connectivity index (χ1n) is 15.4. The Morgan fingerprint density at radius 1 is 0.362 bits per heavy atom. The van der Waals surface area contributed by atoms with Crippen molar-refractivity contribution in [3.63, 3.8) is 0 Å². The van der Waals surface area contributed by atoms with Gasteiger partial charge in [-0.1, -0.05) is 109 Å². The summed E-state index contributed by atoms with van der Waals surface area (Å²) in [5, 5.41) is 3.06. The molecule has 0 aliphatic heterocycles. The molecule has 9 aromatic rings. The van der Waals surface area contributed by atoms with Crippen molar-refractivity contribution in [1.82, 2.24) is 24.9 Å². The molecule has 0 N–H and O–H groups in total. The average molecular weight is 604 g/mol. The molecule has 6 heteroatoms. The summed E-state index contributed by atoms with van der Waals surface area (Å²) in [7, 11) is 0. The van der Waals surface area contributed by atoms with Gasteiger partial charge < -0.3 is 4.42 Å². The van der Waals surface area contributed by atoms with Gasteiger partial charge in [0.25, 0.3) is 0 Å². The number of rotatable bonds is 5. The third-order valence-electron chi connectivity index (χ3n) is 8.35. The van der Waals surface area contributed by atoms with Gasteiger partial charge in [-0.25, -0.2) is 24.9 Å². The van der Waals surface area contributed by atoms with E-state index in [1.165, 1.54) is 0 Å². The van der Waals surface area contributed by atoms with E-state index in [0.29, 0.717) is 23.2 Å². The van der Waals surface area contributed by atoms with Gasteiger partial charge in [0.1, 0.15) is 5.58 Å². The fourth-order valence-electron chi connectivity index (χ4n) is 5.96. The molecule has 4 heterocycles. The number of furan rings is 1. The first-order valence-corrected chi connectivity index (χ1v) is 15.4. The van der Waals surface area contributed by atoms with Crippen LogP contribution in [-0.4, -0.2) is 24.9 Å². The molecule has 0 saturated heterocycles. The lowest BCUT2D eigenvalue weighted by Crippen LogP contribution is -2.00. The quantitative estimate of drug-likeness (QED) is 0.195. The minimum Gasteiger partial charge on any atom is -0.438 e. The zero-order chi connectivity index (χ0) is 31.2. The van der Waals surface area contributed by atoms with Crippen molar-refractivity contribution >= 4 is 33.0 Å². The zero-order valence-corrected chi connectivity index (χ0v) is 25.1. The summed E-state index contributed by atoms with van der Waals surface area (Å²) >= 11 is 0. The molecular weight excluding hydrogens is 578 g/mol. The van der Waals surface area contributed by atoms with Gasteiger partial charge in [0.2, 0.25) is 5.71 Å². The lowest BCUT2D eigenvalue weighted by molar-refractivity contribution is 0.654. The highest BCUT2D eigenvalue weighted by Gasteiger charge is 2.15. The summed E-state index contributed by atoms with van der Waals surface area (Å²) in [5.41, 5.74) is 8.79. The number of aromatic nitrogens is 5. The summed E-state index contributed by atoms with van der Waals surface area (Å²) in [6, 6.07) is 50.8.